The van der Waals surface area contributed by atoms with Gasteiger partial charge in [0.05, 0.1) is 0 Å². The molecule has 0 radical (unpaired) electrons. The average Bonchev–Trinajstić information content (AvgIpc) is 3.08. The molecule has 0 bridgehead atoms. The van der Waals surface area contributed by atoms with Gasteiger partial charge in [-0.2, -0.15) is 0 Å². The Bertz CT molecular complexity index is 785. The highest BCUT2D eigenvalue weighted by Crippen LogP contribution is 2.26. The zero-order valence-corrected chi connectivity index (χ0v) is 13.8. The molecule has 2 heterocycles. The second-order valence-corrected chi connectivity index (χ2v) is 6.17. The van der Waals surface area contributed by atoms with E-state index in [-0.39, 0.29) is 12.5 Å². The number of primary amides is 1. The zero-order chi connectivity index (χ0) is 17.8. The van der Waals surface area contributed by atoms with E-state index in [4.69, 9.17) is 5.73 Å². The Balaban J connectivity index is 1.73. The number of hydrogen-bond acceptors (Lipinski definition) is 4. The van der Waals surface area contributed by atoms with Crippen molar-refractivity contribution in [2.45, 2.75) is 25.3 Å². The fourth-order valence-electron chi connectivity index (χ4n) is 3.21. The van der Waals surface area contributed by atoms with E-state index in [0.29, 0.717) is 18.7 Å². The van der Waals surface area contributed by atoms with Gasteiger partial charge in [-0.05, 0) is 12.8 Å². The van der Waals surface area contributed by atoms with E-state index >= 15 is 0 Å². The van der Waals surface area contributed by atoms with Gasteiger partial charge in [-0.3, -0.25) is 14.4 Å². The number of nitrogens with two attached hydrogens (primary N) is 1. The first-order chi connectivity index (χ1) is 12.1. The lowest BCUT2D eigenvalue weighted by Crippen LogP contribution is -2.43. The van der Waals surface area contributed by atoms with Crippen molar-refractivity contribution in [2.24, 2.45) is 5.73 Å². The fraction of sp³-hybridized carbons (Fsp3) is 0.333. The molecule has 1 unspecified atom stereocenters. The number of hydrogen-bond donors (Lipinski definition) is 1. The van der Waals surface area contributed by atoms with Gasteiger partial charge in [0.15, 0.2) is 0 Å². The second kappa shape index (κ2) is 7.29. The Morgan fingerprint density at radius 2 is 1.96 bits per heavy atom. The number of carbonyl (C=O) groups is 3. The number of likely N-dealkylation sites (tertiary alicyclic amines) is 1. The Hall–Kier alpha value is -2.96. The third-order valence-corrected chi connectivity index (χ3v) is 4.38. The molecule has 25 heavy (non-hydrogen) atoms. The van der Waals surface area contributed by atoms with Crippen molar-refractivity contribution in [1.82, 2.24) is 14.5 Å². The van der Waals surface area contributed by atoms with Crippen molar-refractivity contribution in [1.29, 1.82) is 0 Å². The molecule has 130 valence electrons. The van der Waals surface area contributed by atoms with Gasteiger partial charge in [0.25, 0.3) is 5.91 Å². The lowest BCUT2D eigenvalue weighted by molar-refractivity contribution is -0.127. The molecule has 0 aliphatic carbocycles. The third-order valence-electron chi connectivity index (χ3n) is 4.38. The number of aromatic nitrogens is 2. The number of piperidine rings is 1. The summed E-state index contributed by atoms with van der Waals surface area (Å²) in [5.74, 6) is -0.730. The van der Waals surface area contributed by atoms with E-state index in [2.05, 4.69) is 4.98 Å². The Morgan fingerprint density at radius 1 is 1.20 bits per heavy atom. The van der Waals surface area contributed by atoms with Crippen LogP contribution in [0.25, 0.3) is 0 Å². The van der Waals surface area contributed by atoms with Crippen LogP contribution in [0.2, 0.25) is 0 Å². The van der Waals surface area contributed by atoms with E-state index in [1.165, 1.54) is 0 Å². The van der Waals surface area contributed by atoms with Crippen LogP contribution in [0.1, 0.15) is 34.9 Å². The van der Waals surface area contributed by atoms with E-state index in [0.717, 1.165) is 18.7 Å². The average molecular weight is 340 g/mol. The smallest absolute Gasteiger partial charge is 0.294 e. The molecule has 2 N–H and O–H groups in total. The highest BCUT2D eigenvalue weighted by molar-refractivity contribution is 6.42. The molecular formula is C18H20N4O3. The normalized spacial score (nSPS) is 17.3. The highest BCUT2D eigenvalue weighted by Gasteiger charge is 2.30. The third kappa shape index (κ3) is 3.76. The van der Waals surface area contributed by atoms with Crippen molar-refractivity contribution in [2.75, 3.05) is 13.1 Å². The van der Waals surface area contributed by atoms with Crippen molar-refractivity contribution in [3.05, 3.63) is 54.1 Å². The van der Waals surface area contributed by atoms with Gasteiger partial charge in [-0.1, -0.05) is 30.3 Å². The van der Waals surface area contributed by atoms with Gasteiger partial charge in [0.2, 0.25) is 11.7 Å². The molecule has 1 aliphatic heterocycles. The topological polar surface area (TPSA) is 98.3 Å². The van der Waals surface area contributed by atoms with Crippen molar-refractivity contribution in [3.63, 3.8) is 0 Å². The van der Waals surface area contributed by atoms with Crippen LogP contribution in [-0.2, 0) is 16.1 Å². The summed E-state index contributed by atoms with van der Waals surface area (Å²) in [5.41, 5.74) is 5.66. The van der Waals surface area contributed by atoms with Crippen LogP contribution in [-0.4, -0.2) is 45.1 Å². The Morgan fingerprint density at radius 3 is 2.68 bits per heavy atom. The van der Waals surface area contributed by atoms with Crippen molar-refractivity contribution < 1.29 is 14.4 Å². The number of imidazole rings is 1. The van der Waals surface area contributed by atoms with Gasteiger partial charge in [-0.15, -0.1) is 0 Å². The van der Waals surface area contributed by atoms with Crippen LogP contribution in [0.3, 0.4) is 0 Å². The molecule has 2 amide bonds. The fourth-order valence-corrected chi connectivity index (χ4v) is 3.21. The summed E-state index contributed by atoms with van der Waals surface area (Å²) in [6.45, 7) is 1.01. The van der Waals surface area contributed by atoms with Crippen LogP contribution >= 0.6 is 0 Å². The molecule has 1 saturated heterocycles. The van der Waals surface area contributed by atoms with Crippen LogP contribution in [0.15, 0.2) is 42.7 Å². The van der Waals surface area contributed by atoms with Crippen molar-refractivity contribution >= 4 is 17.6 Å². The SMILES string of the molecule is NC(=O)Cn1ccnc1C1CCCN(C(=O)C(=O)c2ccccc2)C1. The van der Waals surface area contributed by atoms with Gasteiger partial charge in [0, 0.05) is 37.0 Å². The molecule has 1 atom stereocenters. The minimum atomic E-state index is -0.498. The summed E-state index contributed by atoms with van der Waals surface area (Å²) in [7, 11) is 0. The largest absolute Gasteiger partial charge is 0.368 e. The molecule has 2 aromatic rings. The Kier molecular flexibility index (Phi) is 4.92. The number of amides is 2. The quantitative estimate of drug-likeness (QED) is 0.647. The maximum atomic E-state index is 12.6. The zero-order valence-electron chi connectivity index (χ0n) is 13.8. The van der Waals surface area contributed by atoms with E-state index < -0.39 is 17.6 Å². The van der Waals surface area contributed by atoms with Crippen LogP contribution < -0.4 is 5.73 Å². The summed E-state index contributed by atoms with van der Waals surface area (Å²) in [5, 5.41) is 0. The summed E-state index contributed by atoms with van der Waals surface area (Å²) < 4.78 is 1.71. The van der Waals surface area contributed by atoms with Gasteiger partial charge in [0.1, 0.15) is 12.4 Å². The maximum Gasteiger partial charge on any atom is 0.294 e. The van der Waals surface area contributed by atoms with Crippen LogP contribution in [0.5, 0.6) is 0 Å². The minimum absolute atomic E-state index is 0.0179. The van der Waals surface area contributed by atoms with Gasteiger partial charge < -0.3 is 15.2 Å². The number of rotatable bonds is 5. The van der Waals surface area contributed by atoms with Crippen LogP contribution in [0.4, 0.5) is 0 Å². The molecule has 1 aromatic heterocycles. The molecule has 3 rings (SSSR count). The number of ketones is 1. The molecular weight excluding hydrogens is 320 g/mol. The highest BCUT2D eigenvalue weighted by atomic mass is 16.2. The predicted octanol–water partition coefficient (Wildman–Crippen LogP) is 0.957. The van der Waals surface area contributed by atoms with Gasteiger partial charge in [-0.25, -0.2) is 4.98 Å². The first-order valence-corrected chi connectivity index (χ1v) is 8.24. The standard InChI is InChI=1S/C18H20N4O3/c19-15(23)12-21-10-8-20-17(21)14-7-4-9-22(11-14)18(25)16(24)13-5-2-1-3-6-13/h1-3,5-6,8,10,14H,4,7,9,11-12H2,(H2,19,23). The molecule has 1 aliphatic rings. The summed E-state index contributed by atoms with van der Waals surface area (Å²) in [6.07, 6.45) is 4.95. The molecule has 7 nitrogen and oxygen atoms in total. The first-order valence-electron chi connectivity index (χ1n) is 8.24. The van der Waals surface area contributed by atoms with E-state index in [9.17, 15) is 14.4 Å². The summed E-state index contributed by atoms with van der Waals surface area (Å²) >= 11 is 0. The number of nitrogens with zero attached hydrogens (tertiary/aromatic N) is 3. The lowest BCUT2D eigenvalue weighted by Gasteiger charge is -2.32. The Labute approximate surface area is 145 Å². The predicted molar refractivity (Wildman–Crippen MR) is 90.7 cm³/mol. The first kappa shape index (κ1) is 16.9. The summed E-state index contributed by atoms with van der Waals surface area (Å²) in [6, 6.07) is 8.56. The number of carbonyl (C=O) groups excluding carboxylic acids is 3. The number of benzene rings is 1. The monoisotopic (exact) mass is 340 g/mol. The van der Waals surface area contributed by atoms with Crippen LogP contribution in [0, 0.1) is 0 Å². The van der Waals surface area contributed by atoms with Gasteiger partial charge >= 0.3 is 0 Å². The minimum Gasteiger partial charge on any atom is -0.368 e. The lowest BCUT2D eigenvalue weighted by atomic mass is 9.96. The van der Waals surface area contributed by atoms with E-state index in [1.54, 1.807) is 52.2 Å². The molecule has 0 spiro atoms. The molecule has 1 fully saturated rings. The molecule has 7 heteroatoms. The maximum absolute atomic E-state index is 12.6. The summed E-state index contributed by atoms with van der Waals surface area (Å²) in [4.78, 5) is 42.0. The molecule has 1 aromatic carbocycles. The second-order valence-electron chi connectivity index (χ2n) is 6.17. The molecule has 0 saturated carbocycles. The van der Waals surface area contributed by atoms with E-state index in [1.807, 2.05) is 0 Å². The number of Topliss-reactive ketones (excluding diaryl/α,β-unsaturated/α-hetero) is 1. The van der Waals surface area contributed by atoms with Crippen molar-refractivity contribution in [3.8, 4) is 0 Å².